The summed E-state index contributed by atoms with van der Waals surface area (Å²) in [6, 6.07) is 8.50. The van der Waals surface area contributed by atoms with E-state index in [1.54, 1.807) is 0 Å². The smallest absolute Gasteiger partial charge is 0.127 e. The minimum atomic E-state index is 0. The fourth-order valence-corrected chi connectivity index (χ4v) is 4.46. The normalized spacial score (nSPS) is 11.8. The van der Waals surface area contributed by atoms with E-state index in [4.69, 9.17) is 5.11 Å². The first kappa shape index (κ1) is 34.2. The summed E-state index contributed by atoms with van der Waals surface area (Å²) in [5, 5.41) is 30.9. The van der Waals surface area contributed by atoms with Crippen molar-refractivity contribution in [1.82, 2.24) is 0 Å². The van der Waals surface area contributed by atoms with Gasteiger partial charge in [-0.15, -0.1) is 0 Å². The van der Waals surface area contributed by atoms with Gasteiger partial charge in [-0.3, -0.25) is 0 Å². The number of phenolic OH excluding ortho intramolecular Hbond substituents is 2. The van der Waals surface area contributed by atoms with Crippen LogP contribution < -0.4 is 17.3 Å². The molecule has 6 N–H and O–H groups in total. The van der Waals surface area contributed by atoms with Crippen molar-refractivity contribution in [3.8, 4) is 11.5 Å². The lowest BCUT2D eigenvalue weighted by Gasteiger charge is -2.26. The van der Waals surface area contributed by atoms with E-state index in [1.165, 1.54) is 16.0 Å². The molecule has 0 unspecified atom stereocenters. The number of nitrogens with one attached hydrogen (secondary N) is 1. The molecule has 6 heteroatoms. The molecule has 0 radical (unpaired) electrons. The summed E-state index contributed by atoms with van der Waals surface area (Å²) in [4.78, 5) is 1.32. The third-order valence-electron chi connectivity index (χ3n) is 6.81. The van der Waals surface area contributed by atoms with Crippen molar-refractivity contribution < 1.29 is 38.1 Å². The van der Waals surface area contributed by atoms with Gasteiger partial charge in [0.15, 0.2) is 0 Å². The third kappa shape index (κ3) is 9.59. The van der Waals surface area contributed by atoms with E-state index in [9.17, 15) is 10.2 Å². The minimum absolute atomic E-state index is 0. The van der Waals surface area contributed by atoms with E-state index in [1.807, 2.05) is 13.8 Å². The number of halogens is 1. The lowest BCUT2D eigenvalue weighted by molar-refractivity contribution is -0.927. The summed E-state index contributed by atoms with van der Waals surface area (Å²) in [5.74, 6) is 0.768. The lowest BCUT2D eigenvalue weighted by Crippen LogP contribution is -3.09. The van der Waals surface area contributed by atoms with Gasteiger partial charge in [0.1, 0.15) is 24.6 Å². The van der Waals surface area contributed by atoms with Crippen LogP contribution in [0.15, 0.2) is 24.3 Å². The largest absolute Gasteiger partial charge is 1.00 e. The number of aliphatic hydroxyl groups excluding tert-OH is 1. The van der Waals surface area contributed by atoms with Gasteiger partial charge in [0.2, 0.25) is 0 Å². The minimum Gasteiger partial charge on any atom is -1.00 e. The highest BCUT2D eigenvalue weighted by molar-refractivity contribution is 5.46. The fraction of sp³-hybridized carbons (Fsp3) is 0.600. The SMILES string of the molecule is Cc1cc(C(C)(C)C)cc(C[NH+](CCCCCCO)Cc2cc(C(C)(C)C)cc(C)c2O)c1O.O.[Cl-]. The third-order valence-corrected chi connectivity index (χ3v) is 6.81. The van der Waals surface area contributed by atoms with Crippen LogP contribution in [0.5, 0.6) is 11.5 Å². The quantitative estimate of drug-likeness (QED) is 0.356. The number of aromatic hydroxyl groups is 2. The Bertz CT molecular complexity index is 889. The topological polar surface area (TPSA) is 96.6 Å². The summed E-state index contributed by atoms with van der Waals surface area (Å²) < 4.78 is 0. The molecule has 0 fully saturated rings. The van der Waals surface area contributed by atoms with Crippen LogP contribution in [0.1, 0.15) is 101 Å². The first-order valence-electron chi connectivity index (χ1n) is 12.8. The van der Waals surface area contributed by atoms with E-state index < -0.39 is 0 Å². The van der Waals surface area contributed by atoms with E-state index in [0.717, 1.165) is 54.5 Å². The number of quaternary nitrogens is 1. The van der Waals surface area contributed by atoms with Gasteiger partial charge in [-0.1, -0.05) is 60.1 Å². The monoisotopic (exact) mass is 523 g/mol. The summed E-state index contributed by atoms with van der Waals surface area (Å²) in [5.41, 5.74) is 6.25. The molecule has 206 valence electrons. The average Bonchev–Trinajstić information content (AvgIpc) is 2.72. The second kappa shape index (κ2) is 14.2. The molecule has 0 amide bonds. The number of hydrogen-bond donors (Lipinski definition) is 4. The zero-order chi connectivity index (χ0) is 25.7. The molecule has 0 saturated heterocycles. The van der Waals surface area contributed by atoms with E-state index in [2.05, 4.69) is 65.8 Å². The Hall–Kier alpha value is -1.79. The first-order valence-corrected chi connectivity index (χ1v) is 12.8. The van der Waals surface area contributed by atoms with Gasteiger partial charge < -0.3 is 38.1 Å². The maximum absolute atomic E-state index is 10.9. The Balaban J connectivity index is 0.00000612. The molecule has 36 heavy (non-hydrogen) atoms. The highest BCUT2D eigenvalue weighted by Gasteiger charge is 2.23. The molecule has 0 atom stereocenters. The van der Waals surface area contributed by atoms with Gasteiger partial charge in [0.25, 0.3) is 0 Å². The Labute approximate surface area is 225 Å². The van der Waals surface area contributed by atoms with Crippen LogP contribution in [-0.2, 0) is 23.9 Å². The maximum Gasteiger partial charge on any atom is 0.127 e. The van der Waals surface area contributed by atoms with Gasteiger partial charge in [-0.2, -0.15) is 0 Å². The van der Waals surface area contributed by atoms with Crippen LogP contribution in [0.3, 0.4) is 0 Å². The number of aliphatic hydroxyl groups is 1. The molecule has 2 rings (SSSR count). The van der Waals surface area contributed by atoms with Gasteiger partial charge >= 0.3 is 0 Å². The van der Waals surface area contributed by atoms with E-state index in [0.29, 0.717) is 24.6 Å². The molecular formula is C30H50ClNO4. The summed E-state index contributed by atoms with van der Waals surface area (Å²) in [6.45, 7) is 19.8. The maximum atomic E-state index is 10.9. The molecule has 0 aliphatic rings. The Kier molecular flexibility index (Phi) is 13.5. The predicted octanol–water partition coefficient (Wildman–Crippen LogP) is 1.63. The molecule has 0 aliphatic carbocycles. The van der Waals surface area contributed by atoms with Crippen molar-refractivity contribution in [3.63, 3.8) is 0 Å². The van der Waals surface area contributed by atoms with Gasteiger partial charge in [-0.25, -0.2) is 0 Å². The Morgan fingerprint density at radius 2 is 1.06 bits per heavy atom. The zero-order valence-corrected chi connectivity index (χ0v) is 24.4. The number of hydrogen-bond acceptors (Lipinski definition) is 3. The molecule has 0 bridgehead atoms. The van der Waals surface area contributed by atoms with Crippen molar-refractivity contribution in [2.75, 3.05) is 13.2 Å². The van der Waals surface area contributed by atoms with E-state index >= 15 is 0 Å². The van der Waals surface area contributed by atoms with Crippen LogP contribution in [0.4, 0.5) is 0 Å². The number of rotatable bonds is 10. The summed E-state index contributed by atoms with van der Waals surface area (Å²) in [7, 11) is 0. The zero-order valence-electron chi connectivity index (χ0n) is 23.7. The van der Waals surface area contributed by atoms with Crippen molar-refractivity contribution in [1.29, 1.82) is 0 Å². The Morgan fingerprint density at radius 3 is 1.42 bits per heavy atom. The Morgan fingerprint density at radius 1 is 0.667 bits per heavy atom. The second-order valence-corrected chi connectivity index (χ2v) is 12.1. The standard InChI is InChI=1S/C30H47NO3.ClH.H2O/c1-21-15-25(29(3,4)5)17-23(27(21)33)19-31(13-11-9-10-12-14-32)20-24-18-26(30(6,7)8)16-22(2)28(24)34;;/h15-18,32-34H,9-14,19-20H2,1-8H3;1H;1H2. The highest BCUT2D eigenvalue weighted by atomic mass is 35.5. The van der Waals surface area contributed by atoms with Crippen molar-refractivity contribution >= 4 is 0 Å². The van der Waals surface area contributed by atoms with Gasteiger partial charge in [0.05, 0.1) is 6.54 Å². The summed E-state index contributed by atoms with van der Waals surface area (Å²) in [6.07, 6.45) is 3.99. The number of unbranched alkanes of at least 4 members (excludes halogenated alkanes) is 3. The van der Waals surface area contributed by atoms with Crippen molar-refractivity contribution in [2.45, 2.75) is 105 Å². The van der Waals surface area contributed by atoms with Crippen LogP contribution in [0, 0.1) is 13.8 Å². The molecule has 0 spiro atoms. The van der Waals surface area contributed by atoms with Crippen molar-refractivity contribution in [3.05, 3.63) is 57.6 Å². The molecule has 2 aromatic carbocycles. The average molecular weight is 524 g/mol. The molecule has 0 aliphatic heterocycles. The fourth-order valence-electron chi connectivity index (χ4n) is 4.46. The van der Waals surface area contributed by atoms with Crippen LogP contribution in [0.2, 0.25) is 0 Å². The number of benzene rings is 2. The molecule has 0 heterocycles. The predicted molar refractivity (Wildman–Crippen MR) is 145 cm³/mol. The lowest BCUT2D eigenvalue weighted by atomic mass is 9.84. The van der Waals surface area contributed by atoms with Gasteiger partial charge in [-0.05, 0) is 78.3 Å². The molecule has 0 saturated carbocycles. The number of aryl methyl sites for hydroxylation is 2. The van der Waals surface area contributed by atoms with Crippen LogP contribution in [0.25, 0.3) is 0 Å². The molecule has 5 nitrogen and oxygen atoms in total. The first-order chi connectivity index (χ1) is 15.7. The molecular weight excluding hydrogens is 474 g/mol. The highest BCUT2D eigenvalue weighted by Crippen LogP contribution is 2.32. The second-order valence-electron chi connectivity index (χ2n) is 12.1. The van der Waals surface area contributed by atoms with Crippen LogP contribution in [-0.4, -0.2) is 33.9 Å². The van der Waals surface area contributed by atoms with Gasteiger partial charge in [0, 0.05) is 17.7 Å². The molecule has 2 aromatic rings. The van der Waals surface area contributed by atoms with Crippen LogP contribution >= 0.6 is 0 Å². The number of phenols is 2. The van der Waals surface area contributed by atoms with E-state index in [-0.39, 0.29) is 35.3 Å². The van der Waals surface area contributed by atoms with Crippen molar-refractivity contribution in [2.24, 2.45) is 0 Å². The molecule has 0 aromatic heterocycles. The summed E-state index contributed by atoms with van der Waals surface area (Å²) >= 11 is 0.